The molecule has 2 aliphatic rings. The van der Waals surface area contributed by atoms with Crippen LogP contribution in [0.15, 0.2) is 30.4 Å². The molecule has 1 fully saturated rings. The van der Waals surface area contributed by atoms with E-state index in [4.69, 9.17) is 14.7 Å². The first-order valence-corrected chi connectivity index (χ1v) is 10.6. The first-order chi connectivity index (χ1) is 13.6. The zero-order chi connectivity index (χ0) is 19.3. The molecule has 0 saturated heterocycles. The van der Waals surface area contributed by atoms with Crippen LogP contribution in [0.25, 0.3) is 11.2 Å². The monoisotopic (exact) mass is 393 g/mol. The fourth-order valence-electron chi connectivity index (χ4n) is 4.17. The summed E-state index contributed by atoms with van der Waals surface area (Å²) in [7, 11) is 0. The summed E-state index contributed by atoms with van der Waals surface area (Å²) in [5.41, 5.74) is 3.69. The van der Waals surface area contributed by atoms with Gasteiger partial charge in [0.2, 0.25) is 0 Å². The molecule has 144 valence electrons. The predicted molar refractivity (Wildman–Crippen MR) is 110 cm³/mol. The number of pyridine rings is 1. The normalized spacial score (nSPS) is 18.1. The number of thiophene rings is 1. The third kappa shape index (κ3) is 2.87. The molecule has 1 saturated carbocycles. The van der Waals surface area contributed by atoms with Crippen molar-refractivity contribution < 1.29 is 9.53 Å². The SMILES string of the molecule is Cc1cc(C)c2nc(C3CC3)n(Cc3ccc(C4(OC=O)CC=CC4)s3)c2n1. The van der Waals surface area contributed by atoms with Crippen molar-refractivity contribution in [3.05, 3.63) is 57.2 Å². The fourth-order valence-corrected chi connectivity index (χ4v) is 5.32. The van der Waals surface area contributed by atoms with Crippen LogP contribution < -0.4 is 0 Å². The predicted octanol–water partition coefficient (Wildman–Crippen LogP) is 4.75. The summed E-state index contributed by atoms with van der Waals surface area (Å²) in [5, 5.41) is 0. The van der Waals surface area contributed by atoms with Gasteiger partial charge in [-0.05, 0) is 50.5 Å². The van der Waals surface area contributed by atoms with Gasteiger partial charge in [-0.25, -0.2) is 9.97 Å². The number of hydrogen-bond acceptors (Lipinski definition) is 5. The van der Waals surface area contributed by atoms with Crippen LogP contribution in [0.1, 0.15) is 58.4 Å². The van der Waals surface area contributed by atoms with Crippen molar-refractivity contribution in [3.8, 4) is 0 Å². The Morgan fingerprint density at radius 1 is 1.25 bits per heavy atom. The highest BCUT2D eigenvalue weighted by Crippen LogP contribution is 2.43. The van der Waals surface area contributed by atoms with E-state index in [9.17, 15) is 4.79 Å². The maximum absolute atomic E-state index is 11.1. The van der Waals surface area contributed by atoms with E-state index in [1.165, 1.54) is 23.3 Å². The molecule has 0 aromatic carbocycles. The summed E-state index contributed by atoms with van der Waals surface area (Å²) in [4.78, 5) is 23.2. The van der Waals surface area contributed by atoms with Crippen molar-refractivity contribution in [3.63, 3.8) is 0 Å². The van der Waals surface area contributed by atoms with Crippen molar-refractivity contribution in [1.29, 1.82) is 0 Å². The van der Waals surface area contributed by atoms with Gasteiger partial charge in [0.05, 0.1) is 6.54 Å². The minimum atomic E-state index is -0.521. The van der Waals surface area contributed by atoms with E-state index >= 15 is 0 Å². The van der Waals surface area contributed by atoms with Crippen LogP contribution in [0.2, 0.25) is 0 Å². The van der Waals surface area contributed by atoms with Crippen molar-refractivity contribution >= 4 is 29.0 Å². The second-order valence-electron chi connectivity index (χ2n) is 7.94. The number of rotatable bonds is 6. The third-order valence-corrected chi connectivity index (χ3v) is 7.01. The largest absolute Gasteiger partial charge is 0.455 e. The van der Waals surface area contributed by atoms with Gasteiger partial charge in [0.1, 0.15) is 11.3 Å². The molecule has 0 N–H and O–H groups in total. The second kappa shape index (κ2) is 6.55. The van der Waals surface area contributed by atoms with E-state index in [2.05, 4.69) is 41.8 Å². The Balaban J connectivity index is 1.53. The number of hydrogen-bond donors (Lipinski definition) is 0. The molecule has 0 amide bonds. The molecule has 3 heterocycles. The highest BCUT2D eigenvalue weighted by Gasteiger charge is 2.37. The average Bonchev–Trinajstić information content (AvgIpc) is 3.05. The van der Waals surface area contributed by atoms with Crippen molar-refractivity contribution in [2.45, 2.75) is 57.6 Å². The molecule has 6 heteroatoms. The summed E-state index contributed by atoms with van der Waals surface area (Å²) in [6.45, 7) is 5.49. The quantitative estimate of drug-likeness (QED) is 0.448. The van der Waals surface area contributed by atoms with Crippen molar-refractivity contribution in [1.82, 2.24) is 14.5 Å². The molecule has 0 bridgehead atoms. The minimum absolute atomic E-state index is 0.521. The lowest BCUT2D eigenvalue weighted by atomic mass is 9.99. The molecule has 0 radical (unpaired) electrons. The number of carbonyl (C=O) groups excluding carboxylic acids is 1. The zero-order valence-electron chi connectivity index (χ0n) is 16.1. The molecule has 5 nitrogen and oxygen atoms in total. The Labute approximate surface area is 168 Å². The van der Waals surface area contributed by atoms with Gasteiger partial charge < -0.3 is 9.30 Å². The van der Waals surface area contributed by atoms with Gasteiger partial charge in [0.25, 0.3) is 6.47 Å². The van der Waals surface area contributed by atoms with Gasteiger partial charge >= 0.3 is 0 Å². The lowest BCUT2D eigenvalue weighted by Crippen LogP contribution is -2.24. The second-order valence-corrected chi connectivity index (χ2v) is 9.11. The fraction of sp³-hybridized carbons (Fsp3) is 0.409. The molecule has 0 spiro atoms. The zero-order valence-corrected chi connectivity index (χ0v) is 17.0. The van der Waals surface area contributed by atoms with E-state index in [0.717, 1.165) is 46.9 Å². The topological polar surface area (TPSA) is 57.0 Å². The van der Waals surface area contributed by atoms with Crippen LogP contribution in [0.4, 0.5) is 0 Å². The summed E-state index contributed by atoms with van der Waals surface area (Å²) >= 11 is 1.72. The van der Waals surface area contributed by atoms with Crippen LogP contribution in [0.5, 0.6) is 0 Å². The molecular weight excluding hydrogens is 370 g/mol. The molecule has 0 aliphatic heterocycles. The highest BCUT2D eigenvalue weighted by molar-refractivity contribution is 7.12. The van der Waals surface area contributed by atoms with E-state index in [0.29, 0.717) is 12.4 Å². The van der Waals surface area contributed by atoms with Crippen LogP contribution in [-0.4, -0.2) is 21.0 Å². The third-order valence-electron chi connectivity index (χ3n) is 5.75. The number of fused-ring (bicyclic) bond motifs is 1. The van der Waals surface area contributed by atoms with Gasteiger partial charge in [-0.1, -0.05) is 12.2 Å². The lowest BCUT2D eigenvalue weighted by Gasteiger charge is -2.25. The Hall–Kier alpha value is -2.47. The van der Waals surface area contributed by atoms with E-state index in [-0.39, 0.29) is 0 Å². The van der Waals surface area contributed by atoms with E-state index in [1.807, 2.05) is 6.92 Å². The van der Waals surface area contributed by atoms with Crippen molar-refractivity contribution in [2.24, 2.45) is 0 Å². The van der Waals surface area contributed by atoms with Gasteiger partial charge in [-0.2, -0.15) is 0 Å². The smallest absolute Gasteiger partial charge is 0.294 e. The molecule has 2 aliphatic carbocycles. The lowest BCUT2D eigenvalue weighted by molar-refractivity contribution is -0.143. The summed E-state index contributed by atoms with van der Waals surface area (Å²) in [6.07, 6.45) is 8.08. The molecule has 3 aromatic rings. The van der Waals surface area contributed by atoms with E-state index < -0.39 is 5.60 Å². The van der Waals surface area contributed by atoms with E-state index in [1.54, 1.807) is 11.3 Å². The Bertz CT molecular complexity index is 1080. The molecule has 0 atom stereocenters. The average molecular weight is 394 g/mol. The Kier molecular flexibility index (Phi) is 4.12. The van der Waals surface area contributed by atoms with Crippen LogP contribution in [0.3, 0.4) is 0 Å². The van der Waals surface area contributed by atoms with Gasteiger partial charge in [-0.15, -0.1) is 11.3 Å². The van der Waals surface area contributed by atoms with Crippen LogP contribution >= 0.6 is 11.3 Å². The number of aromatic nitrogens is 3. The Morgan fingerprint density at radius 2 is 2.04 bits per heavy atom. The number of imidazole rings is 1. The Morgan fingerprint density at radius 3 is 2.75 bits per heavy atom. The van der Waals surface area contributed by atoms with Gasteiger partial charge in [0, 0.05) is 34.2 Å². The maximum Gasteiger partial charge on any atom is 0.294 e. The number of aryl methyl sites for hydroxylation is 2. The van der Waals surface area contributed by atoms with Gasteiger partial charge in [-0.3, -0.25) is 4.79 Å². The summed E-state index contributed by atoms with van der Waals surface area (Å²) in [6, 6.07) is 6.36. The summed E-state index contributed by atoms with van der Waals surface area (Å²) in [5.74, 6) is 1.71. The van der Waals surface area contributed by atoms with Crippen molar-refractivity contribution in [2.75, 3.05) is 0 Å². The molecule has 5 rings (SSSR count). The maximum atomic E-state index is 11.1. The number of carbonyl (C=O) groups is 1. The first kappa shape index (κ1) is 17.6. The summed E-state index contributed by atoms with van der Waals surface area (Å²) < 4.78 is 7.83. The standard InChI is InChI=1S/C22H23N3O2S/c1-14-11-15(2)23-21-19(14)24-20(16-5-6-16)25(21)12-17-7-8-18(28-17)22(27-13-26)9-3-4-10-22/h3-4,7-8,11,13,16H,5-6,9-10,12H2,1-2H3. The van der Waals surface area contributed by atoms with Crippen LogP contribution in [-0.2, 0) is 21.7 Å². The highest BCUT2D eigenvalue weighted by atomic mass is 32.1. The van der Waals surface area contributed by atoms with Gasteiger partial charge in [0.15, 0.2) is 11.2 Å². The number of nitrogens with zero attached hydrogens (tertiary/aromatic N) is 3. The molecular formula is C22H23N3O2S. The first-order valence-electron chi connectivity index (χ1n) is 9.80. The molecule has 3 aromatic heterocycles. The number of ether oxygens (including phenoxy) is 1. The minimum Gasteiger partial charge on any atom is -0.455 e. The molecule has 28 heavy (non-hydrogen) atoms. The molecule has 0 unspecified atom stereocenters. The van der Waals surface area contributed by atoms with Crippen LogP contribution in [0, 0.1) is 13.8 Å².